The molecular formula is C2H5F3LiNO2S. The van der Waals surface area contributed by atoms with Gasteiger partial charge in [0, 0.05) is 0 Å². The van der Waals surface area contributed by atoms with E-state index in [0.29, 0.717) is 0 Å². The molecule has 2 N–H and O–H groups in total. The van der Waals surface area contributed by atoms with Crippen LogP contribution >= 0.6 is 0 Å². The first-order chi connectivity index (χ1) is 3.85. The average Bonchev–Trinajstić information content (AvgIpc) is 1.62. The van der Waals surface area contributed by atoms with Crippen LogP contribution in [0, 0.1) is 0 Å². The molecule has 0 aromatic heterocycles. The summed E-state index contributed by atoms with van der Waals surface area (Å²) in [7, 11) is -4.72. The summed E-state index contributed by atoms with van der Waals surface area (Å²) < 4.78 is 53.1. The van der Waals surface area contributed by atoms with Gasteiger partial charge in [0.2, 0.25) is 10.0 Å². The van der Waals surface area contributed by atoms with Crippen LogP contribution in [0.1, 0.15) is 1.43 Å². The molecule has 0 rings (SSSR count). The van der Waals surface area contributed by atoms with Crippen molar-refractivity contribution in [2.45, 2.75) is 11.9 Å². The Morgan fingerprint density at radius 2 is 1.60 bits per heavy atom. The Labute approximate surface area is 69.5 Å². The van der Waals surface area contributed by atoms with E-state index < -0.39 is 22.0 Å². The number of primary sulfonamides is 1. The maximum atomic E-state index is 11.6. The Morgan fingerprint density at radius 3 is 1.60 bits per heavy atom. The third kappa shape index (κ3) is 4.17. The number of nitrogens with two attached hydrogens (primary N) is 1. The fraction of sp³-hybridized carbons (Fsp3) is 1.00. The number of hydrogen-bond donors (Lipinski definition) is 1. The van der Waals surface area contributed by atoms with Crippen molar-refractivity contribution in [1.29, 1.82) is 0 Å². The Hall–Kier alpha value is 0.297. The molecule has 0 aliphatic rings. The number of rotatable bonds is 2. The van der Waals surface area contributed by atoms with E-state index in [2.05, 4.69) is 5.14 Å². The van der Waals surface area contributed by atoms with Gasteiger partial charge >= 0.3 is 18.9 Å². The Kier molecular flexibility index (Phi) is 5.47. The first kappa shape index (κ1) is 12.9. The summed E-state index contributed by atoms with van der Waals surface area (Å²) in [4.78, 5) is 0. The molecule has 1 atom stereocenters. The SMILES string of the molecule is NS(=O)(=O)C(F)C(F)F.[H-].[Li+]. The third-order valence-corrected chi connectivity index (χ3v) is 1.35. The summed E-state index contributed by atoms with van der Waals surface area (Å²) in [6.45, 7) is 0. The monoisotopic (exact) mass is 171 g/mol. The van der Waals surface area contributed by atoms with Gasteiger partial charge in [-0.2, -0.15) is 0 Å². The molecule has 0 aliphatic carbocycles. The number of hydrogen-bond acceptors (Lipinski definition) is 2. The van der Waals surface area contributed by atoms with E-state index >= 15 is 0 Å². The molecule has 0 aromatic carbocycles. The van der Waals surface area contributed by atoms with Crippen molar-refractivity contribution in [2.75, 3.05) is 0 Å². The van der Waals surface area contributed by atoms with E-state index in [-0.39, 0.29) is 20.3 Å². The van der Waals surface area contributed by atoms with Crippen LogP contribution in [0.4, 0.5) is 13.2 Å². The molecular weight excluding hydrogens is 166 g/mol. The average molecular weight is 171 g/mol. The standard InChI is InChI=1S/C2H4F3NO2S.Li.H/c3-1(4)2(5)9(6,7)8;;/h1-2H,(H2,6,7,8);;/q;+1;-1. The van der Waals surface area contributed by atoms with Crippen molar-refractivity contribution in [3.05, 3.63) is 0 Å². The first-order valence-electron chi connectivity index (χ1n) is 1.79. The van der Waals surface area contributed by atoms with Gasteiger partial charge in [0.05, 0.1) is 0 Å². The maximum Gasteiger partial charge on any atom is 1.00 e. The predicted molar refractivity (Wildman–Crippen MR) is 25.1 cm³/mol. The minimum atomic E-state index is -4.72. The van der Waals surface area contributed by atoms with Gasteiger partial charge in [-0.15, -0.1) is 0 Å². The topological polar surface area (TPSA) is 60.2 Å². The maximum absolute atomic E-state index is 11.6. The second-order valence-electron chi connectivity index (χ2n) is 1.27. The molecule has 0 amide bonds. The van der Waals surface area contributed by atoms with E-state index in [1.165, 1.54) is 0 Å². The normalized spacial score (nSPS) is 14.5. The van der Waals surface area contributed by atoms with Crippen LogP contribution in [0.3, 0.4) is 0 Å². The molecule has 0 aliphatic heterocycles. The van der Waals surface area contributed by atoms with Crippen LogP contribution in [0.25, 0.3) is 0 Å². The van der Waals surface area contributed by atoms with Gasteiger partial charge in [0.1, 0.15) is 0 Å². The summed E-state index contributed by atoms with van der Waals surface area (Å²) in [6, 6.07) is 0. The van der Waals surface area contributed by atoms with E-state index in [4.69, 9.17) is 0 Å². The third-order valence-electron chi connectivity index (χ3n) is 0.512. The molecule has 8 heteroatoms. The van der Waals surface area contributed by atoms with Gasteiger partial charge in [-0.25, -0.2) is 26.7 Å². The second-order valence-corrected chi connectivity index (χ2v) is 2.90. The smallest absolute Gasteiger partial charge is 1.00 e. The van der Waals surface area contributed by atoms with Crippen LogP contribution < -0.4 is 24.0 Å². The molecule has 0 saturated carbocycles. The zero-order valence-corrected chi connectivity index (χ0v) is 5.91. The van der Waals surface area contributed by atoms with Crippen molar-refractivity contribution < 1.29 is 41.9 Å². The molecule has 0 aromatic rings. The Morgan fingerprint density at radius 1 is 1.30 bits per heavy atom. The van der Waals surface area contributed by atoms with Crippen LogP contribution in [-0.4, -0.2) is 20.3 Å². The summed E-state index contributed by atoms with van der Waals surface area (Å²) in [5.74, 6) is 0. The molecule has 58 valence electrons. The molecule has 10 heavy (non-hydrogen) atoms. The molecule has 0 radical (unpaired) electrons. The van der Waals surface area contributed by atoms with E-state index in [9.17, 15) is 21.6 Å². The van der Waals surface area contributed by atoms with Gasteiger partial charge < -0.3 is 1.43 Å². The van der Waals surface area contributed by atoms with E-state index in [1.54, 1.807) is 0 Å². The molecule has 0 spiro atoms. The minimum absolute atomic E-state index is 0. The first-order valence-corrected chi connectivity index (χ1v) is 3.40. The van der Waals surface area contributed by atoms with E-state index in [0.717, 1.165) is 0 Å². The van der Waals surface area contributed by atoms with Crippen molar-refractivity contribution in [3.63, 3.8) is 0 Å². The molecule has 0 heterocycles. The molecule has 1 unspecified atom stereocenters. The zero-order chi connectivity index (χ0) is 7.65. The number of alkyl halides is 3. The zero-order valence-electron chi connectivity index (χ0n) is 6.09. The van der Waals surface area contributed by atoms with E-state index in [1.807, 2.05) is 0 Å². The number of sulfonamides is 1. The molecule has 0 saturated heterocycles. The van der Waals surface area contributed by atoms with Gasteiger partial charge in [-0.3, -0.25) is 0 Å². The fourth-order valence-electron chi connectivity index (χ4n) is 0.143. The summed E-state index contributed by atoms with van der Waals surface area (Å²) >= 11 is 0. The molecule has 3 nitrogen and oxygen atoms in total. The molecule has 0 bridgehead atoms. The summed E-state index contributed by atoms with van der Waals surface area (Å²) in [5, 5.41) is 4.00. The van der Waals surface area contributed by atoms with Crippen LogP contribution in [0.2, 0.25) is 0 Å². The predicted octanol–water partition coefficient (Wildman–Crippen LogP) is -3.05. The van der Waals surface area contributed by atoms with Gasteiger partial charge in [-0.05, 0) is 0 Å². The van der Waals surface area contributed by atoms with Crippen molar-refractivity contribution >= 4 is 10.0 Å². The van der Waals surface area contributed by atoms with Crippen LogP contribution in [0.15, 0.2) is 0 Å². The largest absolute Gasteiger partial charge is 1.00 e. The molecule has 0 fully saturated rings. The van der Waals surface area contributed by atoms with Crippen molar-refractivity contribution in [3.8, 4) is 0 Å². The van der Waals surface area contributed by atoms with Gasteiger partial charge in [-0.1, -0.05) is 0 Å². The van der Waals surface area contributed by atoms with Crippen molar-refractivity contribution in [2.24, 2.45) is 5.14 Å². The number of halogens is 3. The summed E-state index contributed by atoms with van der Waals surface area (Å²) in [5.41, 5.74) is -3.27. The summed E-state index contributed by atoms with van der Waals surface area (Å²) in [6.07, 6.45) is -3.57. The quantitative estimate of drug-likeness (QED) is 0.449. The van der Waals surface area contributed by atoms with Crippen molar-refractivity contribution in [1.82, 2.24) is 0 Å². The minimum Gasteiger partial charge on any atom is -1.00 e. The Balaban J connectivity index is -0.000000320. The van der Waals surface area contributed by atoms with Gasteiger partial charge in [0.25, 0.3) is 11.9 Å². The van der Waals surface area contributed by atoms with Crippen LogP contribution in [0.5, 0.6) is 0 Å². The second kappa shape index (κ2) is 4.23. The van der Waals surface area contributed by atoms with Crippen LogP contribution in [-0.2, 0) is 10.0 Å². The Bertz CT molecular complexity index is 186. The van der Waals surface area contributed by atoms with Gasteiger partial charge in [0.15, 0.2) is 0 Å². The fourth-order valence-corrected chi connectivity index (χ4v) is 0.430.